The Hall–Kier alpha value is -3.06. The van der Waals surface area contributed by atoms with Gasteiger partial charge in [-0.05, 0) is 61.3 Å². The number of hydrogen-bond acceptors (Lipinski definition) is 5. The average Bonchev–Trinajstić information content (AvgIpc) is 3.16. The minimum absolute atomic E-state index is 0.0540. The third-order valence-electron chi connectivity index (χ3n) is 5.15. The number of carbonyl (C=O) groups excluding carboxylic acids is 2. The average molecular weight is 395 g/mol. The molecule has 2 amide bonds. The van der Waals surface area contributed by atoms with Gasteiger partial charge in [-0.15, -0.1) is 0 Å². The van der Waals surface area contributed by atoms with E-state index in [1.54, 1.807) is 24.3 Å². The number of nitrogens with zero attached hydrogens (tertiary/aromatic N) is 1. The predicted molar refractivity (Wildman–Crippen MR) is 110 cm³/mol. The van der Waals surface area contributed by atoms with E-state index in [1.165, 1.54) is 6.92 Å². The van der Waals surface area contributed by atoms with Crippen molar-refractivity contribution in [3.63, 3.8) is 0 Å². The van der Waals surface area contributed by atoms with Gasteiger partial charge >= 0.3 is 0 Å². The second kappa shape index (κ2) is 8.53. The molecule has 2 aromatic rings. The van der Waals surface area contributed by atoms with Crippen molar-refractivity contribution in [2.24, 2.45) is 0 Å². The summed E-state index contributed by atoms with van der Waals surface area (Å²) in [5.74, 6) is 1.39. The van der Waals surface area contributed by atoms with Gasteiger partial charge in [0.2, 0.25) is 11.8 Å². The highest BCUT2D eigenvalue weighted by molar-refractivity contribution is 5.93. The summed E-state index contributed by atoms with van der Waals surface area (Å²) < 4.78 is 11.3. The number of fused-ring (bicyclic) bond motifs is 1. The Balaban J connectivity index is 1.38. The first-order valence-electron chi connectivity index (χ1n) is 9.89. The molecule has 2 aromatic carbocycles. The molecular formula is C22H25N3O4. The molecule has 2 heterocycles. The van der Waals surface area contributed by atoms with Crippen LogP contribution >= 0.6 is 0 Å². The summed E-state index contributed by atoms with van der Waals surface area (Å²) >= 11 is 0. The number of hydrogen-bond donors (Lipinski definition) is 2. The maximum atomic E-state index is 12.6. The van der Waals surface area contributed by atoms with E-state index in [2.05, 4.69) is 21.6 Å². The Morgan fingerprint density at radius 3 is 2.41 bits per heavy atom. The number of benzene rings is 2. The van der Waals surface area contributed by atoms with Crippen LogP contribution in [0.25, 0.3) is 0 Å². The first-order chi connectivity index (χ1) is 14.1. The highest BCUT2D eigenvalue weighted by Gasteiger charge is 2.28. The fourth-order valence-corrected chi connectivity index (χ4v) is 3.89. The second-order valence-electron chi connectivity index (χ2n) is 7.34. The molecule has 0 bridgehead atoms. The highest BCUT2D eigenvalue weighted by Crippen LogP contribution is 2.37. The van der Waals surface area contributed by atoms with Gasteiger partial charge in [0.1, 0.15) is 13.2 Å². The van der Waals surface area contributed by atoms with Gasteiger partial charge in [0, 0.05) is 24.3 Å². The quantitative estimate of drug-likeness (QED) is 0.813. The van der Waals surface area contributed by atoms with E-state index in [0.29, 0.717) is 31.1 Å². The third-order valence-corrected chi connectivity index (χ3v) is 5.15. The van der Waals surface area contributed by atoms with Crippen LogP contribution in [0.2, 0.25) is 0 Å². The van der Waals surface area contributed by atoms with Crippen LogP contribution in [-0.2, 0) is 9.59 Å². The topological polar surface area (TPSA) is 79.9 Å². The lowest BCUT2D eigenvalue weighted by Crippen LogP contribution is -2.33. The molecule has 0 aromatic heterocycles. The van der Waals surface area contributed by atoms with Gasteiger partial charge in [-0.1, -0.05) is 6.07 Å². The fourth-order valence-electron chi connectivity index (χ4n) is 3.89. The molecule has 29 heavy (non-hydrogen) atoms. The van der Waals surface area contributed by atoms with Crippen molar-refractivity contribution in [3.05, 3.63) is 48.0 Å². The van der Waals surface area contributed by atoms with Crippen LogP contribution in [-0.4, -0.2) is 43.0 Å². The fraction of sp³-hybridized carbons (Fsp3) is 0.364. The minimum Gasteiger partial charge on any atom is -0.486 e. The summed E-state index contributed by atoms with van der Waals surface area (Å²) in [7, 11) is 0. The smallest absolute Gasteiger partial charge is 0.238 e. The van der Waals surface area contributed by atoms with Gasteiger partial charge in [-0.3, -0.25) is 14.5 Å². The van der Waals surface area contributed by atoms with Crippen LogP contribution in [0.5, 0.6) is 11.5 Å². The van der Waals surface area contributed by atoms with E-state index in [9.17, 15) is 9.59 Å². The number of nitrogens with one attached hydrogen (secondary N) is 2. The summed E-state index contributed by atoms with van der Waals surface area (Å²) in [6, 6.07) is 13.4. The molecule has 7 heteroatoms. The summed E-state index contributed by atoms with van der Waals surface area (Å²) in [5, 5.41) is 5.64. The van der Waals surface area contributed by atoms with Crippen molar-refractivity contribution < 1.29 is 19.1 Å². The van der Waals surface area contributed by atoms with E-state index in [1.807, 2.05) is 12.1 Å². The number of carbonyl (C=O) groups is 2. The molecule has 2 aliphatic rings. The molecule has 1 atom stereocenters. The van der Waals surface area contributed by atoms with Crippen molar-refractivity contribution in [1.29, 1.82) is 0 Å². The molecule has 4 rings (SSSR count). The van der Waals surface area contributed by atoms with E-state index < -0.39 is 0 Å². The highest BCUT2D eigenvalue weighted by atomic mass is 16.6. The maximum absolute atomic E-state index is 12.6. The molecule has 2 aliphatic heterocycles. The largest absolute Gasteiger partial charge is 0.486 e. The molecule has 2 N–H and O–H groups in total. The zero-order chi connectivity index (χ0) is 20.2. The van der Waals surface area contributed by atoms with Crippen LogP contribution in [0.15, 0.2) is 42.5 Å². The lowest BCUT2D eigenvalue weighted by molar-refractivity contribution is -0.117. The van der Waals surface area contributed by atoms with Crippen LogP contribution in [0.3, 0.4) is 0 Å². The van der Waals surface area contributed by atoms with Gasteiger partial charge in [0.05, 0.1) is 6.54 Å². The van der Waals surface area contributed by atoms with Crippen LogP contribution < -0.4 is 20.1 Å². The number of ether oxygens (including phenoxy) is 2. The first-order valence-corrected chi connectivity index (χ1v) is 9.89. The third kappa shape index (κ3) is 4.68. The standard InChI is InChI=1S/C22H25N3O4/c1-15(26)23-17-5-7-18(8-6-17)24-22(27)14-25-10-2-3-19(25)16-4-9-20-21(13-16)29-12-11-28-20/h4-9,13,19H,2-3,10-12,14H2,1H3,(H,23,26)(H,24,27)/t19-/m1/s1. The zero-order valence-corrected chi connectivity index (χ0v) is 16.4. The van der Waals surface area contributed by atoms with Gasteiger partial charge in [-0.25, -0.2) is 0 Å². The molecule has 0 saturated carbocycles. The summed E-state index contributed by atoms with van der Waals surface area (Å²) in [5.41, 5.74) is 2.56. The molecule has 0 aliphatic carbocycles. The van der Waals surface area contributed by atoms with Crippen molar-refractivity contribution in [2.75, 3.05) is 36.9 Å². The molecule has 152 valence electrons. The van der Waals surface area contributed by atoms with Crippen LogP contribution in [0.1, 0.15) is 31.4 Å². The molecular weight excluding hydrogens is 370 g/mol. The number of likely N-dealkylation sites (tertiary alicyclic amines) is 1. The van der Waals surface area contributed by atoms with Gasteiger partial charge in [-0.2, -0.15) is 0 Å². The molecule has 0 spiro atoms. The number of rotatable bonds is 5. The molecule has 0 unspecified atom stereocenters. The minimum atomic E-state index is -0.124. The van der Waals surface area contributed by atoms with Gasteiger partial charge < -0.3 is 20.1 Å². The van der Waals surface area contributed by atoms with E-state index in [-0.39, 0.29) is 17.9 Å². The summed E-state index contributed by atoms with van der Waals surface area (Å²) in [6.07, 6.45) is 2.07. The van der Waals surface area contributed by atoms with Gasteiger partial charge in [0.15, 0.2) is 11.5 Å². The van der Waals surface area contributed by atoms with Crippen LogP contribution in [0.4, 0.5) is 11.4 Å². The Morgan fingerprint density at radius 2 is 1.69 bits per heavy atom. The Morgan fingerprint density at radius 1 is 1.00 bits per heavy atom. The maximum Gasteiger partial charge on any atom is 0.238 e. The Bertz CT molecular complexity index is 897. The molecule has 0 radical (unpaired) electrons. The zero-order valence-electron chi connectivity index (χ0n) is 16.4. The van der Waals surface area contributed by atoms with Crippen LogP contribution in [0, 0.1) is 0 Å². The second-order valence-corrected chi connectivity index (χ2v) is 7.34. The number of amides is 2. The Labute approximate surface area is 170 Å². The summed E-state index contributed by atoms with van der Waals surface area (Å²) in [4.78, 5) is 25.9. The SMILES string of the molecule is CC(=O)Nc1ccc(NC(=O)CN2CCC[C@@H]2c2ccc3c(c2)OCCO3)cc1. The van der Waals surface area contributed by atoms with Crippen molar-refractivity contribution in [1.82, 2.24) is 4.90 Å². The van der Waals surface area contributed by atoms with E-state index in [4.69, 9.17) is 9.47 Å². The molecule has 7 nitrogen and oxygen atoms in total. The van der Waals surface area contributed by atoms with Gasteiger partial charge in [0.25, 0.3) is 0 Å². The van der Waals surface area contributed by atoms with Crippen molar-refractivity contribution >= 4 is 23.2 Å². The lowest BCUT2D eigenvalue weighted by Gasteiger charge is -2.26. The lowest BCUT2D eigenvalue weighted by atomic mass is 10.0. The van der Waals surface area contributed by atoms with Crippen molar-refractivity contribution in [2.45, 2.75) is 25.8 Å². The van der Waals surface area contributed by atoms with E-state index >= 15 is 0 Å². The normalized spacial score (nSPS) is 18.3. The number of anilines is 2. The predicted octanol–water partition coefficient (Wildman–Crippen LogP) is 3.19. The molecule has 1 saturated heterocycles. The van der Waals surface area contributed by atoms with Crippen molar-refractivity contribution in [3.8, 4) is 11.5 Å². The van der Waals surface area contributed by atoms with E-state index in [0.717, 1.165) is 36.4 Å². The summed E-state index contributed by atoms with van der Waals surface area (Å²) in [6.45, 7) is 3.81. The first kappa shape index (κ1) is 19.3. The Kier molecular flexibility index (Phi) is 5.67. The molecule has 1 fully saturated rings. The monoisotopic (exact) mass is 395 g/mol.